The molecule has 2 nitrogen and oxygen atoms in total. The van der Waals surface area contributed by atoms with E-state index < -0.39 is 5.76 Å². The van der Waals surface area contributed by atoms with Gasteiger partial charge in [-0.05, 0) is 25.0 Å². The van der Waals surface area contributed by atoms with Gasteiger partial charge in [-0.1, -0.05) is 30.3 Å². The Morgan fingerprint density at radius 2 is 2.06 bits per heavy atom. The van der Waals surface area contributed by atoms with Crippen molar-refractivity contribution in [3.05, 3.63) is 24.3 Å². The Hall–Kier alpha value is -1.10. The predicted octanol–water partition coefficient (Wildman–Crippen LogP) is 3.74. The largest absolute Gasteiger partial charge is 0.325 e. The van der Waals surface area contributed by atoms with E-state index in [2.05, 4.69) is 5.32 Å². The minimum atomic E-state index is -2.48. The van der Waals surface area contributed by atoms with Crippen LogP contribution in [0.25, 0.3) is 0 Å². The van der Waals surface area contributed by atoms with Crippen molar-refractivity contribution in [2.45, 2.75) is 29.9 Å². The van der Waals surface area contributed by atoms with E-state index in [1.165, 1.54) is 0 Å². The zero-order chi connectivity index (χ0) is 12.3. The number of carbonyl (C=O) groups is 1. The standard InChI is InChI=1S/C12H13F2NOS/c13-12(14)17-10-7-2-1-6-9(10)15-11(16)8-4-3-5-8/h1-2,6-8,12H,3-5H2,(H,15,16). The molecule has 0 unspecified atom stereocenters. The first-order valence-electron chi connectivity index (χ1n) is 5.51. The van der Waals surface area contributed by atoms with Crippen molar-refractivity contribution in [3.8, 4) is 0 Å². The minimum absolute atomic E-state index is 0.0552. The van der Waals surface area contributed by atoms with Gasteiger partial charge in [-0.3, -0.25) is 4.79 Å². The van der Waals surface area contributed by atoms with Crippen LogP contribution in [0, 0.1) is 5.92 Å². The lowest BCUT2D eigenvalue weighted by atomic mass is 9.85. The Labute approximate surface area is 103 Å². The van der Waals surface area contributed by atoms with Crippen LogP contribution in [0.2, 0.25) is 0 Å². The lowest BCUT2D eigenvalue weighted by Gasteiger charge is -2.24. The maximum absolute atomic E-state index is 12.3. The smallest absolute Gasteiger partial charge is 0.288 e. The van der Waals surface area contributed by atoms with E-state index in [0.717, 1.165) is 19.3 Å². The second kappa shape index (κ2) is 5.49. The van der Waals surface area contributed by atoms with E-state index in [0.29, 0.717) is 22.3 Å². The number of amides is 1. The molecule has 17 heavy (non-hydrogen) atoms. The second-order valence-electron chi connectivity index (χ2n) is 3.99. The van der Waals surface area contributed by atoms with Crippen LogP contribution < -0.4 is 5.32 Å². The van der Waals surface area contributed by atoms with Crippen molar-refractivity contribution in [2.24, 2.45) is 5.92 Å². The maximum Gasteiger partial charge on any atom is 0.288 e. The number of rotatable bonds is 4. The van der Waals surface area contributed by atoms with Gasteiger partial charge >= 0.3 is 0 Å². The summed E-state index contributed by atoms with van der Waals surface area (Å²) in [4.78, 5) is 12.1. The zero-order valence-electron chi connectivity index (χ0n) is 9.16. The number of nitrogens with one attached hydrogen (secondary N) is 1. The first-order valence-corrected chi connectivity index (χ1v) is 6.39. The van der Waals surface area contributed by atoms with Gasteiger partial charge in [0.15, 0.2) is 0 Å². The molecule has 0 radical (unpaired) electrons. The molecule has 5 heteroatoms. The van der Waals surface area contributed by atoms with Crippen LogP contribution >= 0.6 is 11.8 Å². The van der Waals surface area contributed by atoms with Gasteiger partial charge in [-0.15, -0.1) is 0 Å². The molecule has 0 saturated heterocycles. The third-order valence-corrected chi connectivity index (χ3v) is 3.63. The van der Waals surface area contributed by atoms with Crippen LogP contribution in [0.1, 0.15) is 19.3 Å². The van der Waals surface area contributed by atoms with E-state index in [1.807, 2.05) is 0 Å². The van der Waals surface area contributed by atoms with Crippen molar-refractivity contribution in [1.82, 2.24) is 0 Å². The highest BCUT2D eigenvalue weighted by atomic mass is 32.2. The van der Waals surface area contributed by atoms with Crippen LogP contribution in [0.5, 0.6) is 0 Å². The third-order valence-electron chi connectivity index (χ3n) is 2.84. The van der Waals surface area contributed by atoms with E-state index >= 15 is 0 Å². The van der Waals surface area contributed by atoms with Crippen molar-refractivity contribution < 1.29 is 13.6 Å². The summed E-state index contributed by atoms with van der Waals surface area (Å²) < 4.78 is 24.6. The lowest BCUT2D eigenvalue weighted by molar-refractivity contribution is -0.122. The minimum Gasteiger partial charge on any atom is -0.325 e. The van der Waals surface area contributed by atoms with Crippen LogP contribution in [-0.4, -0.2) is 11.7 Å². The van der Waals surface area contributed by atoms with Gasteiger partial charge in [0.25, 0.3) is 5.76 Å². The topological polar surface area (TPSA) is 29.1 Å². The molecule has 0 atom stereocenters. The van der Waals surface area contributed by atoms with Crippen LogP contribution in [0.4, 0.5) is 14.5 Å². The predicted molar refractivity (Wildman–Crippen MR) is 64.3 cm³/mol. The highest BCUT2D eigenvalue weighted by molar-refractivity contribution is 7.99. The third kappa shape index (κ3) is 3.19. The molecule has 1 aromatic carbocycles. The lowest BCUT2D eigenvalue weighted by Crippen LogP contribution is -2.28. The zero-order valence-corrected chi connectivity index (χ0v) is 9.97. The van der Waals surface area contributed by atoms with E-state index in [4.69, 9.17) is 0 Å². The van der Waals surface area contributed by atoms with Gasteiger partial charge in [0.05, 0.1) is 5.69 Å². The number of para-hydroxylation sites is 1. The summed E-state index contributed by atoms with van der Waals surface area (Å²) in [5.74, 6) is -2.48. The molecule has 0 bridgehead atoms. The molecule has 0 heterocycles. The quantitative estimate of drug-likeness (QED) is 0.832. The molecular weight excluding hydrogens is 244 g/mol. The number of anilines is 1. The Bertz CT molecular complexity index is 407. The summed E-state index contributed by atoms with van der Waals surface area (Å²) >= 11 is 0.456. The number of hydrogen-bond acceptors (Lipinski definition) is 2. The van der Waals surface area contributed by atoms with Gasteiger partial charge < -0.3 is 5.32 Å². The average molecular weight is 257 g/mol. The van der Waals surface area contributed by atoms with Crippen LogP contribution in [0.15, 0.2) is 29.2 Å². The van der Waals surface area contributed by atoms with Crippen LogP contribution in [0.3, 0.4) is 0 Å². The summed E-state index contributed by atoms with van der Waals surface area (Å²) in [6.45, 7) is 0. The number of alkyl halides is 2. The van der Waals surface area contributed by atoms with Gasteiger partial charge in [-0.2, -0.15) is 8.78 Å². The first-order chi connectivity index (χ1) is 8.16. The monoisotopic (exact) mass is 257 g/mol. The van der Waals surface area contributed by atoms with Gasteiger partial charge in [0.2, 0.25) is 5.91 Å². The average Bonchev–Trinajstić information content (AvgIpc) is 2.17. The number of thioether (sulfide) groups is 1. The highest BCUT2D eigenvalue weighted by Crippen LogP contribution is 2.33. The molecule has 0 aliphatic heterocycles. The molecule has 1 aliphatic carbocycles. The van der Waals surface area contributed by atoms with Crippen LogP contribution in [-0.2, 0) is 4.79 Å². The fourth-order valence-corrected chi connectivity index (χ4v) is 2.27. The molecule has 1 N–H and O–H groups in total. The molecule has 2 rings (SSSR count). The molecule has 0 spiro atoms. The molecule has 1 aliphatic rings. The number of carbonyl (C=O) groups excluding carboxylic acids is 1. The summed E-state index contributed by atoms with van der Waals surface area (Å²) in [6.07, 6.45) is 2.87. The molecule has 92 valence electrons. The Balaban J connectivity index is 2.05. The summed E-state index contributed by atoms with van der Waals surface area (Å²) in [6, 6.07) is 6.66. The molecule has 0 aromatic heterocycles. The van der Waals surface area contributed by atoms with Gasteiger partial charge in [0, 0.05) is 10.8 Å². The van der Waals surface area contributed by atoms with E-state index in [9.17, 15) is 13.6 Å². The second-order valence-corrected chi connectivity index (χ2v) is 5.02. The molecule has 1 fully saturated rings. The van der Waals surface area contributed by atoms with Crippen molar-refractivity contribution in [1.29, 1.82) is 0 Å². The summed E-state index contributed by atoms with van der Waals surface area (Å²) in [5.41, 5.74) is 0.481. The summed E-state index contributed by atoms with van der Waals surface area (Å²) in [7, 11) is 0. The number of hydrogen-bond donors (Lipinski definition) is 1. The molecular formula is C12H13F2NOS. The number of benzene rings is 1. The molecule has 1 saturated carbocycles. The fraction of sp³-hybridized carbons (Fsp3) is 0.417. The number of halogens is 2. The van der Waals surface area contributed by atoms with Gasteiger partial charge in [0.1, 0.15) is 0 Å². The van der Waals surface area contributed by atoms with Crippen molar-refractivity contribution in [2.75, 3.05) is 5.32 Å². The van der Waals surface area contributed by atoms with E-state index in [-0.39, 0.29) is 11.8 Å². The Kier molecular flexibility index (Phi) is 3.99. The maximum atomic E-state index is 12.3. The Morgan fingerprint density at radius 3 is 2.65 bits per heavy atom. The van der Waals surface area contributed by atoms with E-state index in [1.54, 1.807) is 24.3 Å². The van der Waals surface area contributed by atoms with Gasteiger partial charge in [-0.25, -0.2) is 0 Å². The van der Waals surface area contributed by atoms with Crippen molar-refractivity contribution >= 4 is 23.4 Å². The highest BCUT2D eigenvalue weighted by Gasteiger charge is 2.25. The fourth-order valence-electron chi connectivity index (χ4n) is 1.67. The summed E-state index contributed by atoms with van der Waals surface area (Å²) in [5, 5.41) is 2.72. The normalized spacial score (nSPS) is 15.7. The molecule has 1 aromatic rings. The first kappa shape index (κ1) is 12.4. The molecule has 1 amide bonds. The van der Waals surface area contributed by atoms with Crippen molar-refractivity contribution in [3.63, 3.8) is 0 Å². The Morgan fingerprint density at radius 1 is 1.35 bits per heavy atom. The SMILES string of the molecule is O=C(Nc1ccccc1SC(F)F)C1CCC1.